The van der Waals surface area contributed by atoms with Crippen LogP contribution in [0.3, 0.4) is 0 Å². The van der Waals surface area contributed by atoms with Crippen molar-refractivity contribution in [3.8, 4) is 0 Å². The third-order valence-corrected chi connectivity index (χ3v) is 12.5. The van der Waals surface area contributed by atoms with Gasteiger partial charge in [-0.2, -0.15) is 0 Å². The molecule has 0 nitrogen and oxygen atoms in total. The van der Waals surface area contributed by atoms with Gasteiger partial charge in [0.1, 0.15) is 0 Å². The zero-order valence-corrected chi connectivity index (χ0v) is 28.4. The van der Waals surface area contributed by atoms with E-state index in [1.54, 1.807) is 0 Å². The van der Waals surface area contributed by atoms with Crippen LogP contribution in [0.5, 0.6) is 0 Å². The minimum Gasteiger partial charge on any atom is -0.0622 e. The molecule has 0 radical (unpaired) electrons. The highest BCUT2D eigenvalue weighted by molar-refractivity contribution is 5.51. The molecule has 6 aromatic carbocycles. The van der Waals surface area contributed by atoms with Crippen molar-refractivity contribution in [2.75, 3.05) is 0 Å². The van der Waals surface area contributed by atoms with E-state index >= 15 is 0 Å². The number of hydrogen-bond acceptors (Lipinski definition) is 0. The van der Waals surface area contributed by atoms with Crippen molar-refractivity contribution >= 4 is 0 Å². The van der Waals surface area contributed by atoms with Crippen LogP contribution >= 0.6 is 0 Å². The summed E-state index contributed by atoms with van der Waals surface area (Å²) in [5, 5.41) is 0. The molecule has 0 aliphatic heterocycles. The number of aryl methyl sites for hydroxylation is 2. The summed E-state index contributed by atoms with van der Waals surface area (Å²) in [4.78, 5) is 0. The third kappa shape index (κ3) is 4.88. The monoisotopic (exact) mass is 622 g/mol. The maximum Gasteiger partial charge on any atom is 0.0235 e. The van der Waals surface area contributed by atoms with E-state index in [1.807, 2.05) is 0 Å². The van der Waals surface area contributed by atoms with E-state index in [9.17, 15) is 0 Å². The molecule has 2 aliphatic rings. The van der Waals surface area contributed by atoms with Gasteiger partial charge in [0.05, 0.1) is 0 Å². The molecule has 0 aromatic heterocycles. The van der Waals surface area contributed by atoms with E-state index in [0.29, 0.717) is 11.8 Å². The summed E-state index contributed by atoms with van der Waals surface area (Å²) in [6.07, 6.45) is 5.56. The standard InChI is InChI=1S/C48H46/c1-36-23-27-38(28-24-36)46(39-29-25-37(2)26-30-39)32-31-44-45(35-46)48(42-19-11-5-12-20-42,43-21-13-6-14-22-43)34-33-47(44,40-15-7-3-8-16-40)41-17-9-4-10-18-41/h3-30,44-45H,31-35H2,1-2H3. The molecule has 0 bridgehead atoms. The van der Waals surface area contributed by atoms with Crippen LogP contribution in [0.25, 0.3) is 0 Å². The molecule has 2 saturated carbocycles. The number of rotatable bonds is 6. The fraction of sp³-hybridized carbons (Fsp3) is 0.250. The van der Waals surface area contributed by atoms with Crippen LogP contribution in [0.15, 0.2) is 170 Å². The predicted octanol–water partition coefficient (Wildman–Crippen LogP) is 11.8. The molecule has 0 N–H and O–H groups in total. The minimum absolute atomic E-state index is 0.0764. The van der Waals surface area contributed by atoms with Crippen molar-refractivity contribution in [2.24, 2.45) is 11.8 Å². The average Bonchev–Trinajstić information content (AvgIpc) is 3.16. The second-order valence-corrected chi connectivity index (χ2v) is 14.7. The van der Waals surface area contributed by atoms with Gasteiger partial charge in [-0.25, -0.2) is 0 Å². The Kier molecular flexibility index (Phi) is 7.92. The van der Waals surface area contributed by atoms with Gasteiger partial charge < -0.3 is 0 Å². The van der Waals surface area contributed by atoms with Crippen LogP contribution in [0.2, 0.25) is 0 Å². The van der Waals surface area contributed by atoms with Crippen LogP contribution < -0.4 is 0 Å². The van der Waals surface area contributed by atoms with E-state index in [1.165, 1.54) is 44.5 Å². The fourth-order valence-corrected chi connectivity index (χ4v) is 10.2. The number of benzene rings is 6. The minimum atomic E-state index is -0.124. The summed E-state index contributed by atoms with van der Waals surface area (Å²) in [6, 6.07) is 65.3. The molecule has 6 aromatic rings. The molecule has 2 atom stereocenters. The fourth-order valence-electron chi connectivity index (χ4n) is 10.2. The maximum atomic E-state index is 2.44. The molecule has 0 heterocycles. The number of hydrogen-bond donors (Lipinski definition) is 0. The summed E-state index contributed by atoms with van der Waals surface area (Å²) in [5.41, 5.74) is 11.1. The lowest BCUT2D eigenvalue weighted by atomic mass is 9.40. The Morgan fingerprint density at radius 1 is 0.354 bits per heavy atom. The second kappa shape index (κ2) is 12.4. The summed E-state index contributed by atoms with van der Waals surface area (Å²) >= 11 is 0. The van der Waals surface area contributed by atoms with Crippen LogP contribution in [-0.2, 0) is 16.2 Å². The third-order valence-electron chi connectivity index (χ3n) is 12.5. The first kappa shape index (κ1) is 30.6. The molecule has 2 fully saturated rings. The van der Waals surface area contributed by atoms with Crippen molar-refractivity contribution in [1.29, 1.82) is 0 Å². The topological polar surface area (TPSA) is 0 Å². The average molecular weight is 623 g/mol. The zero-order chi connectivity index (χ0) is 32.6. The smallest absolute Gasteiger partial charge is 0.0235 e. The van der Waals surface area contributed by atoms with E-state index in [-0.39, 0.29) is 16.2 Å². The van der Waals surface area contributed by atoms with Gasteiger partial charge in [0.15, 0.2) is 0 Å². The molecule has 0 heteroatoms. The first-order valence-electron chi connectivity index (χ1n) is 17.9. The van der Waals surface area contributed by atoms with Crippen molar-refractivity contribution in [2.45, 2.75) is 62.2 Å². The first-order chi connectivity index (χ1) is 23.6. The lowest BCUT2D eigenvalue weighted by Gasteiger charge is -2.62. The van der Waals surface area contributed by atoms with E-state index in [2.05, 4.69) is 184 Å². The van der Waals surface area contributed by atoms with Gasteiger partial charge in [-0.15, -0.1) is 0 Å². The predicted molar refractivity (Wildman–Crippen MR) is 201 cm³/mol. The Bertz CT molecular complexity index is 1810. The Morgan fingerprint density at radius 2 is 0.688 bits per heavy atom. The summed E-state index contributed by atoms with van der Waals surface area (Å²) in [7, 11) is 0. The van der Waals surface area contributed by atoms with Gasteiger partial charge in [-0.05, 0) is 91.2 Å². The Morgan fingerprint density at radius 3 is 1.04 bits per heavy atom. The molecule has 238 valence electrons. The molecule has 0 saturated heterocycles. The molecule has 0 amide bonds. The molecule has 0 spiro atoms. The highest BCUT2D eigenvalue weighted by Gasteiger charge is 2.61. The Labute approximate surface area is 287 Å². The molecule has 2 aliphatic carbocycles. The Hall–Kier alpha value is -4.68. The molecular weight excluding hydrogens is 577 g/mol. The normalized spacial score (nSPS) is 20.8. The lowest BCUT2D eigenvalue weighted by Crippen LogP contribution is -2.58. The van der Waals surface area contributed by atoms with Gasteiger partial charge >= 0.3 is 0 Å². The maximum absolute atomic E-state index is 2.44. The second-order valence-electron chi connectivity index (χ2n) is 14.7. The van der Waals surface area contributed by atoms with E-state index in [0.717, 1.165) is 32.1 Å². The number of fused-ring (bicyclic) bond motifs is 1. The van der Waals surface area contributed by atoms with E-state index in [4.69, 9.17) is 0 Å². The van der Waals surface area contributed by atoms with Crippen molar-refractivity contribution in [3.05, 3.63) is 214 Å². The van der Waals surface area contributed by atoms with Crippen LogP contribution in [0, 0.1) is 25.7 Å². The largest absolute Gasteiger partial charge is 0.0622 e. The zero-order valence-electron chi connectivity index (χ0n) is 28.4. The van der Waals surface area contributed by atoms with Crippen molar-refractivity contribution in [1.82, 2.24) is 0 Å². The molecule has 8 rings (SSSR count). The van der Waals surface area contributed by atoms with Gasteiger partial charge in [0.2, 0.25) is 0 Å². The summed E-state index contributed by atoms with van der Waals surface area (Å²) < 4.78 is 0. The quantitative estimate of drug-likeness (QED) is 0.173. The van der Waals surface area contributed by atoms with Crippen molar-refractivity contribution in [3.63, 3.8) is 0 Å². The Balaban J connectivity index is 1.42. The first-order valence-corrected chi connectivity index (χ1v) is 17.9. The van der Waals surface area contributed by atoms with Gasteiger partial charge in [0, 0.05) is 16.2 Å². The van der Waals surface area contributed by atoms with Gasteiger partial charge in [-0.1, -0.05) is 181 Å². The molecule has 2 unspecified atom stereocenters. The van der Waals surface area contributed by atoms with E-state index < -0.39 is 0 Å². The molecule has 48 heavy (non-hydrogen) atoms. The van der Waals surface area contributed by atoms with Gasteiger partial charge in [0.25, 0.3) is 0 Å². The van der Waals surface area contributed by atoms with Crippen LogP contribution in [0.1, 0.15) is 76.6 Å². The molecular formula is C48H46. The van der Waals surface area contributed by atoms with Gasteiger partial charge in [-0.3, -0.25) is 0 Å². The SMILES string of the molecule is Cc1ccc(C2(c3ccc(C)cc3)CCC3C(C2)C(c2ccccc2)(c2ccccc2)CCC3(c2ccccc2)c2ccccc2)cc1. The van der Waals surface area contributed by atoms with Crippen LogP contribution in [0.4, 0.5) is 0 Å². The highest BCUT2D eigenvalue weighted by atomic mass is 14.6. The summed E-state index contributed by atoms with van der Waals surface area (Å²) in [5.74, 6) is 0.827. The summed E-state index contributed by atoms with van der Waals surface area (Å²) in [6.45, 7) is 4.43. The van der Waals surface area contributed by atoms with Crippen LogP contribution in [-0.4, -0.2) is 0 Å². The lowest BCUT2D eigenvalue weighted by molar-refractivity contribution is 0.0152. The van der Waals surface area contributed by atoms with Crippen molar-refractivity contribution < 1.29 is 0 Å². The highest BCUT2D eigenvalue weighted by Crippen LogP contribution is 2.66.